The summed E-state index contributed by atoms with van der Waals surface area (Å²) in [6.45, 7) is 3.98. The molecule has 2 aromatic carbocycles. The largest absolute Gasteiger partial charge is 0.423 e. The lowest BCUT2D eigenvalue weighted by molar-refractivity contribution is 0.102. The summed E-state index contributed by atoms with van der Waals surface area (Å²) in [5.74, 6) is -0.167. The topological polar surface area (TPSA) is 59.3 Å². The Labute approximate surface area is 127 Å². The molecule has 3 rings (SSSR count). The maximum Gasteiger partial charge on any atom is 0.336 e. The van der Waals surface area contributed by atoms with E-state index in [0.717, 1.165) is 16.5 Å². The standard InChI is InChI=1S/C18H15NO3/c1-11-3-4-14(9-12(11)2)18(21)19-15-6-7-16-13(10-15)5-8-17(20)22-16/h3-10H,1-2H3,(H,19,21). The van der Waals surface area contributed by atoms with Crippen LogP contribution in [0.1, 0.15) is 21.5 Å². The molecule has 0 aliphatic carbocycles. The first-order valence-electron chi connectivity index (χ1n) is 6.95. The van der Waals surface area contributed by atoms with E-state index in [1.165, 1.54) is 6.07 Å². The van der Waals surface area contributed by atoms with Gasteiger partial charge in [-0.3, -0.25) is 4.79 Å². The molecule has 0 unspecified atom stereocenters. The minimum Gasteiger partial charge on any atom is -0.423 e. The van der Waals surface area contributed by atoms with Gasteiger partial charge < -0.3 is 9.73 Å². The Morgan fingerprint density at radius 3 is 2.55 bits per heavy atom. The SMILES string of the molecule is Cc1ccc(C(=O)Nc2ccc3oc(=O)ccc3c2)cc1C. The molecule has 1 aromatic heterocycles. The summed E-state index contributed by atoms with van der Waals surface area (Å²) >= 11 is 0. The minimum atomic E-state index is -0.389. The molecule has 0 aliphatic heterocycles. The van der Waals surface area contributed by atoms with E-state index >= 15 is 0 Å². The summed E-state index contributed by atoms with van der Waals surface area (Å²) in [6.07, 6.45) is 0. The number of carbonyl (C=O) groups is 1. The zero-order valence-corrected chi connectivity index (χ0v) is 12.3. The van der Waals surface area contributed by atoms with Crippen molar-refractivity contribution in [3.05, 3.63) is 75.6 Å². The zero-order chi connectivity index (χ0) is 15.7. The second-order valence-electron chi connectivity index (χ2n) is 5.26. The molecule has 0 radical (unpaired) electrons. The van der Waals surface area contributed by atoms with Gasteiger partial charge in [0.15, 0.2) is 0 Å². The number of hydrogen-bond acceptors (Lipinski definition) is 3. The summed E-state index contributed by atoms with van der Waals surface area (Å²) in [5.41, 5.74) is 3.61. The number of rotatable bonds is 2. The fourth-order valence-corrected chi connectivity index (χ4v) is 2.24. The lowest BCUT2D eigenvalue weighted by Gasteiger charge is -2.08. The molecule has 0 saturated heterocycles. The van der Waals surface area contributed by atoms with Crippen molar-refractivity contribution in [2.24, 2.45) is 0 Å². The van der Waals surface area contributed by atoms with Gasteiger partial charge in [-0.1, -0.05) is 6.07 Å². The van der Waals surface area contributed by atoms with E-state index in [2.05, 4.69) is 5.32 Å². The second-order valence-corrected chi connectivity index (χ2v) is 5.26. The zero-order valence-electron chi connectivity index (χ0n) is 12.3. The van der Waals surface area contributed by atoms with Gasteiger partial charge in [-0.25, -0.2) is 4.79 Å². The average Bonchev–Trinajstić information content (AvgIpc) is 2.50. The van der Waals surface area contributed by atoms with Crippen molar-refractivity contribution in [3.8, 4) is 0 Å². The van der Waals surface area contributed by atoms with Crippen molar-refractivity contribution in [2.45, 2.75) is 13.8 Å². The molecular weight excluding hydrogens is 278 g/mol. The van der Waals surface area contributed by atoms with Crippen molar-refractivity contribution in [1.29, 1.82) is 0 Å². The molecule has 0 bridgehead atoms. The van der Waals surface area contributed by atoms with Crippen LogP contribution in [-0.4, -0.2) is 5.91 Å². The molecule has 4 heteroatoms. The van der Waals surface area contributed by atoms with E-state index in [0.29, 0.717) is 16.8 Å². The first kappa shape index (κ1) is 14.1. The van der Waals surface area contributed by atoms with Gasteiger partial charge in [-0.2, -0.15) is 0 Å². The Balaban J connectivity index is 1.88. The fourth-order valence-electron chi connectivity index (χ4n) is 2.24. The number of anilines is 1. The number of amides is 1. The molecule has 0 aliphatic rings. The van der Waals surface area contributed by atoms with Crippen LogP contribution in [0.2, 0.25) is 0 Å². The molecule has 1 amide bonds. The van der Waals surface area contributed by atoms with Crippen LogP contribution in [0.25, 0.3) is 11.0 Å². The van der Waals surface area contributed by atoms with E-state index in [4.69, 9.17) is 4.42 Å². The lowest BCUT2D eigenvalue weighted by Crippen LogP contribution is -2.12. The minimum absolute atomic E-state index is 0.167. The summed E-state index contributed by atoms with van der Waals surface area (Å²) in [5, 5.41) is 3.61. The monoisotopic (exact) mass is 293 g/mol. The molecule has 0 spiro atoms. The number of hydrogen-bond donors (Lipinski definition) is 1. The highest BCUT2D eigenvalue weighted by molar-refractivity contribution is 6.05. The Hall–Kier alpha value is -2.88. The summed E-state index contributed by atoms with van der Waals surface area (Å²) < 4.78 is 5.07. The highest BCUT2D eigenvalue weighted by Gasteiger charge is 2.08. The van der Waals surface area contributed by atoms with Gasteiger partial charge in [0.2, 0.25) is 0 Å². The number of benzene rings is 2. The van der Waals surface area contributed by atoms with Gasteiger partial charge in [-0.15, -0.1) is 0 Å². The molecule has 1 heterocycles. The number of nitrogens with one attached hydrogen (secondary N) is 1. The molecule has 1 N–H and O–H groups in total. The molecule has 4 nitrogen and oxygen atoms in total. The van der Waals surface area contributed by atoms with E-state index in [1.54, 1.807) is 30.3 Å². The maximum atomic E-state index is 12.3. The molecule has 0 atom stereocenters. The fraction of sp³-hybridized carbons (Fsp3) is 0.111. The van der Waals surface area contributed by atoms with Crippen LogP contribution in [0, 0.1) is 13.8 Å². The average molecular weight is 293 g/mol. The van der Waals surface area contributed by atoms with Crippen LogP contribution in [0.5, 0.6) is 0 Å². The maximum absolute atomic E-state index is 12.3. The Morgan fingerprint density at radius 1 is 0.955 bits per heavy atom. The number of carbonyl (C=O) groups excluding carboxylic acids is 1. The molecular formula is C18H15NO3. The number of fused-ring (bicyclic) bond motifs is 1. The lowest BCUT2D eigenvalue weighted by atomic mass is 10.1. The Kier molecular flexibility index (Phi) is 3.51. The highest BCUT2D eigenvalue weighted by atomic mass is 16.4. The first-order valence-corrected chi connectivity index (χ1v) is 6.95. The Bertz CT molecular complexity index is 925. The quantitative estimate of drug-likeness (QED) is 0.733. The summed E-state index contributed by atoms with van der Waals surface area (Å²) in [4.78, 5) is 23.4. The number of aryl methyl sites for hydroxylation is 2. The van der Waals surface area contributed by atoms with Crippen LogP contribution in [0.3, 0.4) is 0 Å². The van der Waals surface area contributed by atoms with Crippen LogP contribution in [0.4, 0.5) is 5.69 Å². The predicted octanol–water partition coefficient (Wildman–Crippen LogP) is 3.66. The van der Waals surface area contributed by atoms with E-state index in [9.17, 15) is 9.59 Å². The van der Waals surface area contributed by atoms with Gasteiger partial charge >= 0.3 is 5.63 Å². The third-order valence-electron chi connectivity index (χ3n) is 3.65. The predicted molar refractivity (Wildman–Crippen MR) is 86.4 cm³/mol. The second kappa shape index (κ2) is 5.48. The Morgan fingerprint density at radius 2 is 1.77 bits per heavy atom. The molecule has 110 valence electrons. The van der Waals surface area contributed by atoms with Gasteiger partial charge in [0.25, 0.3) is 5.91 Å². The molecule has 22 heavy (non-hydrogen) atoms. The van der Waals surface area contributed by atoms with Crippen LogP contribution < -0.4 is 10.9 Å². The normalized spacial score (nSPS) is 10.6. The smallest absolute Gasteiger partial charge is 0.336 e. The van der Waals surface area contributed by atoms with Gasteiger partial charge in [0.1, 0.15) is 5.58 Å². The van der Waals surface area contributed by atoms with Crippen LogP contribution >= 0.6 is 0 Å². The molecule has 0 saturated carbocycles. The van der Waals surface area contributed by atoms with Crippen molar-refractivity contribution < 1.29 is 9.21 Å². The third kappa shape index (κ3) is 2.76. The van der Waals surface area contributed by atoms with Crippen molar-refractivity contribution >= 4 is 22.6 Å². The van der Waals surface area contributed by atoms with Crippen LogP contribution in [0.15, 0.2) is 57.7 Å². The third-order valence-corrected chi connectivity index (χ3v) is 3.65. The van der Waals surface area contributed by atoms with Crippen LogP contribution in [-0.2, 0) is 0 Å². The van der Waals surface area contributed by atoms with Gasteiger partial charge in [-0.05, 0) is 61.4 Å². The molecule has 3 aromatic rings. The first-order chi connectivity index (χ1) is 10.5. The molecule has 0 fully saturated rings. The van der Waals surface area contributed by atoms with Gasteiger partial charge in [0.05, 0.1) is 0 Å². The van der Waals surface area contributed by atoms with E-state index in [1.807, 2.05) is 26.0 Å². The van der Waals surface area contributed by atoms with Gasteiger partial charge in [0, 0.05) is 22.7 Å². The highest BCUT2D eigenvalue weighted by Crippen LogP contribution is 2.19. The van der Waals surface area contributed by atoms with Crippen molar-refractivity contribution in [2.75, 3.05) is 5.32 Å². The van der Waals surface area contributed by atoms with Crippen molar-refractivity contribution in [3.63, 3.8) is 0 Å². The summed E-state index contributed by atoms with van der Waals surface area (Å²) in [7, 11) is 0. The summed E-state index contributed by atoms with van der Waals surface area (Å²) in [6, 6.07) is 13.8. The van der Waals surface area contributed by atoms with Crippen molar-refractivity contribution in [1.82, 2.24) is 0 Å². The van der Waals surface area contributed by atoms with E-state index < -0.39 is 0 Å². The van der Waals surface area contributed by atoms with E-state index in [-0.39, 0.29) is 11.5 Å².